The number of hydrogen-bond donors (Lipinski definition) is 0. The molecule has 32 heavy (non-hydrogen) atoms. The lowest BCUT2D eigenvalue weighted by molar-refractivity contribution is -0.122. The van der Waals surface area contributed by atoms with Crippen LogP contribution in [-0.4, -0.2) is 73.0 Å². The Morgan fingerprint density at radius 2 is 1.78 bits per heavy atom. The minimum atomic E-state index is -1.01. The Labute approximate surface area is 190 Å². The van der Waals surface area contributed by atoms with Crippen LogP contribution >= 0.6 is 11.6 Å². The van der Waals surface area contributed by atoms with Crippen LogP contribution in [0.3, 0.4) is 0 Å². The Hall–Kier alpha value is -2.81. The molecule has 0 N–H and O–H groups in total. The maximum Gasteiger partial charge on any atom is 0.257 e. The molecule has 2 fully saturated rings. The maximum atomic E-state index is 14.4. The Morgan fingerprint density at radius 3 is 2.47 bits per heavy atom. The summed E-state index contributed by atoms with van der Waals surface area (Å²) in [6.07, 6.45) is -0.162. The number of nitrogens with zero attached hydrogens (tertiary/aromatic N) is 3. The van der Waals surface area contributed by atoms with Gasteiger partial charge in [-0.25, -0.2) is 9.29 Å². The number of ether oxygens (including phenoxy) is 1. The summed E-state index contributed by atoms with van der Waals surface area (Å²) in [4.78, 5) is 43.8. The quantitative estimate of drug-likeness (QED) is 0.621. The minimum absolute atomic E-state index is 0.125. The molecule has 0 aromatic heterocycles. The molecule has 9 heteroatoms. The van der Waals surface area contributed by atoms with E-state index in [4.69, 9.17) is 16.3 Å². The van der Waals surface area contributed by atoms with Crippen LogP contribution in [0.5, 0.6) is 0 Å². The Morgan fingerprint density at radius 1 is 1.09 bits per heavy atom. The molecule has 1 atom stereocenters. The highest BCUT2D eigenvalue weighted by atomic mass is 35.5. The van der Waals surface area contributed by atoms with E-state index in [0.717, 1.165) is 4.90 Å². The van der Waals surface area contributed by atoms with Gasteiger partial charge in [0.1, 0.15) is 11.9 Å². The number of amides is 3. The third kappa shape index (κ3) is 4.67. The molecule has 0 radical (unpaired) electrons. The van der Waals surface area contributed by atoms with Crippen molar-refractivity contribution in [1.29, 1.82) is 0 Å². The molecular formula is C23H23ClFN3O4. The Balaban J connectivity index is 1.60. The van der Waals surface area contributed by atoms with Crippen LogP contribution in [0.15, 0.2) is 48.5 Å². The van der Waals surface area contributed by atoms with Gasteiger partial charge in [-0.3, -0.25) is 19.3 Å². The standard InChI is InChI=1S/C23H23ClFN3O4/c24-16-5-7-17(8-6-16)28-21(29)15-20(23(28)31)27(10-9-26-11-13-32-14-12-26)22(30)18-3-1-2-4-19(18)25/h1-8,20H,9-15H2. The van der Waals surface area contributed by atoms with Crippen molar-refractivity contribution in [3.63, 3.8) is 0 Å². The number of hydrogen-bond acceptors (Lipinski definition) is 5. The summed E-state index contributed by atoms with van der Waals surface area (Å²) >= 11 is 5.92. The fraction of sp³-hybridized carbons (Fsp3) is 0.348. The van der Waals surface area contributed by atoms with Gasteiger partial charge in [-0.2, -0.15) is 0 Å². The number of imide groups is 1. The fourth-order valence-electron chi connectivity index (χ4n) is 3.98. The van der Waals surface area contributed by atoms with E-state index < -0.39 is 29.6 Å². The van der Waals surface area contributed by atoms with Crippen molar-refractivity contribution in [2.45, 2.75) is 12.5 Å². The van der Waals surface area contributed by atoms with E-state index in [1.165, 1.54) is 23.1 Å². The van der Waals surface area contributed by atoms with E-state index in [1.807, 2.05) is 0 Å². The van der Waals surface area contributed by atoms with Crippen LogP contribution in [-0.2, 0) is 14.3 Å². The van der Waals surface area contributed by atoms with Crippen molar-refractivity contribution in [2.75, 3.05) is 44.3 Å². The second kappa shape index (κ2) is 9.77. The van der Waals surface area contributed by atoms with Crippen molar-refractivity contribution in [3.05, 3.63) is 64.9 Å². The molecule has 4 rings (SSSR count). The molecule has 7 nitrogen and oxygen atoms in total. The number of benzene rings is 2. The summed E-state index contributed by atoms with van der Waals surface area (Å²) in [7, 11) is 0. The van der Waals surface area contributed by atoms with E-state index in [2.05, 4.69) is 4.90 Å². The van der Waals surface area contributed by atoms with Crippen molar-refractivity contribution in [2.24, 2.45) is 0 Å². The van der Waals surface area contributed by atoms with Crippen molar-refractivity contribution < 1.29 is 23.5 Å². The molecule has 2 aliphatic heterocycles. The van der Waals surface area contributed by atoms with Crippen LogP contribution < -0.4 is 4.90 Å². The number of anilines is 1. The molecule has 0 spiro atoms. The number of carbonyl (C=O) groups is 3. The van der Waals surface area contributed by atoms with Gasteiger partial charge < -0.3 is 9.64 Å². The largest absolute Gasteiger partial charge is 0.379 e. The normalized spacial score (nSPS) is 19.4. The summed E-state index contributed by atoms with van der Waals surface area (Å²) in [5.41, 5.74) is 0.262. The van der Waals surface area contributed by atoms with Gasteiger partial charge >= 0.3 is 0 Å². The summed E-state index contributed by atoms with van der Waals surface area (Å²) in [6.45, 7) is 3.26. The molecule has 2 heterocycles. The summed E-state index contributed by atoms with van der Waals surface area (Å²) in [5.74, 6) is -2.20. The van der Waals surface area contributed by atoms with Gasteiger partial charge in [0.25, 0.3) is 11.8 Å². The third-order valence-electron chi connectivity index (χ3n) is 5.71. The predicted molar refractivity (Wildman–Crippen MR) is 117 cm³/mol. The minimum Gasteiger partial charge on any atom is -0.379 e. The average molecular weight is 460 g/mol. The lowest BCUT2D eigenvalue weighted by Crippen LogP contribution is -2.49. The zero-order valence-corrected chi connectivity index (χ0v) is 18.1. The fourth-order valence-corrected chi connectivity index (χ4v) is 4.11. The molecule has 0 saturated carbocycles. The van der Waals surface area contributed by atoms with E-state index in [0.29, 0.717) is 43.6 Å². The molecule has 2 aromatic rings. The zero-order valence-electron chi connectivity index (χ0n) is 17.4. The first-order valence-corrected chi connectivity index (χ1v) is 10.8. The van der Waals surface area contributed by atoms with E-state index in [1.54, 1.807) is 30.3 Å². The predicted octanol–water partition coefficient (Wildman–Crippen LogP) is 2.59. The number of rotatable bonds is 6. The molecule has 168 valence electrons. The lowest BCUT2D eigenvalue weighted by atomic mass is 10.1. The van der Waals surface area contributed by atoms with Crippen LogP contribution in [0, 0.1) is 5.82 Å². The summed E-state index contributed by atoms with van der Waals surface area (Å²) in [6, 6.07) is 11.0. The van der Waals surface area contributed by atoms with Gasteiger partial charge in [0.05, 0.1) is 30.9 Å². The van der Waals surface area contributed by atoms with Crippen LogP contribution in [0.2, 0.25) is 5.02 Å². The second-order valence-electron chi connectivity index (χ2n) is 7.70. The number of carbonyl (C=O) groups excluding carboxylic acids is 3. The topological polar surface area (TPSA) is 70.2 Å². The van der Waals surface area contributed by atoms with Gasteiger partial charge in [-0.05, 0) is 36.4 Å². The molecule has 2 aliphatic rings. The van der Waals surface area contributed by atoms with Gasteiger partial charge in [0.2, 0.25) is 5.91 Å². The van der Waals surface area contributed by atoms with Crippen LogP contribution in [0.25, 0.3) is 0 Å². The molecule has 0 bridgehead atoms. The van der Waals surface area contributed by atoms with Crippen molar-refractivity contribution >= 4 is 35.0 Å². The first-order chi connectivity index (χ1) is 15.5. The van der Waals surface area contributed by atoms with E-state index in [-0.39, 0.29) is 18.5 Å². The molecule has 0 aliphatic carbocycles. The second-order valence-corrected chi connectivity index (χ2v) is 8.13. The van der Waals surface area contributed by atoms with E-state index >= 15 is 0 Å². The first-order valence-electron chi connectivity index (χ1n) is 10.4. The zero-order chi connectivity index (χ0) is 22.7. The Bertz CT molecular complexity index is 1010. The molecular weight excluding hydrogens is 437 g/mol. The van der Waals surface area contributed by atoms with Crippen molar-refractivity contribution in [1.82, 2.24) is 9.80 Å². The Kier molecular flexibility index (Phi) is 6.83. The summed E-state index contributed by atoms with van der Waals surface area (Å²) < 4.78 is 19.7. The highest BCUT2D eigenvalue weighted by Crippen LogP contribution is 2.28. The molecule has 1 unspecified atom stereocenters. The molecule has 2 saturated heterocycles. The highest BCUT2D eigenvalue weighted by molar-refractivity contribution is 6.31. The van der Waals surface area contributed by atoms with Gasteiger partial charge in [-0.15, -0.1) is 0 Å². The van der Waals surface area contributed by atoms with Crippen LogP contribution in [0.4, 0.5) is 10.1 Å². The number of halogens is 2. The maximum absolute atomic E-state index is 14.4. The smallest absolute Gasteiger partial charge is 0.257 e. The monoisotopic (exact) mass is 459 g/mol. The lowest BCUT2D eigenvalue weighted by Gasteiger charge is -2.32. The van der Waals surface area contributed by atoms with Crippen molar-refractivity contribution in [3.8, 4) is 0 Å². The third-order valence-corrected chi connectivity index (χ3v) is 5.96. The highest BCUT2D eigenvalue weighted by Gasteiger charge is 2.44. The van der Waals surface area contributed by atoms with Crippen LogP contribution in [0.1, 0.15) is 16.8 Å². The first kappa shape index (κ1) is 22.4. The van der Waals surface area contributed by atoms with Gasteiger partial charge in [0, 0.05) is 31.2 Å². The average Bonchev–Trinajstić information content (AvgIpc) is 3.09. The number of morpholine rings is 1. The summed E-state index contributed by atoms with van der Waals surface area (Å²) in [5, 5.41) is 0.478. The van der Waals surface area contributed by atoms with Gasteiger partial charge in [-0.1, -0.05) is 23.7 Å². The van der Waals surface area contributed by atoms with Gasteiger partial charge in [0.15, 0.2) is 0 Å². The SMILES string of the molecule is O=C1CC(N(CCN2CCOCC2)C(=O)c2ccccc2F)C(=O)N1c1ccc(Cl)cc1. The molecule has 3 amide bonds. The molecule has 2 aromatic carbocycles. The van der Waals surface area contributed by atoms with E-state index in [9.17, 15) is 18.8 Å².